The molecule has 4 aromatic rings. The van der Waals surface area contributed by atoms with E-state index >= 15 is 0 Å². The molecule has 0 saturated heterocycles. The zero-order chi connectivity index (χ0) is 26.4. The molecule has 1 atom stereocenters. The number of nitrogens with one attached hydrogen (secondary N) is 3. The lowest BCUT2D eigenvalue weighted by atomic mass is 10.1. The number of aromatic amines is 1. The van der Waals surface area contributed by atoms with E-state index in [0.717, 1.165) is 16.5 Å². The number of amides is 1. The van der Waals surface area contributed by atoms with Crippen LogP contribution in [0.4, 0.5) is 11.4 Å². The predicted molar refractivity (Wildman–Crippen MR) is 143 cm³/mol. The van der Waals surface area contributed by atoms with Crippen LogP contribution in [0.2, 0.25) is 0 Å². The normalized spacial score (nSPS) is 12.1. The van der Waals surface area contributed by atoms with Crippen LogP contribution in [-0.2, 0) is 27.2 Å². The monoisotopic (exact) mass is 507 g/mol. The fourth-order valence-electron chi connectivity index (χ4n) is 4.37. The van der Waals surface area contributed by atoms with Crippen LogP contribution in [0.1, 0.15) is 35.8 Å². The molecule has 0 saturated carbocycles. The number of carbonyl (C=O) groups is 2. The van der Waals surface area contributed by atoms with Gasteiger partial charge in [0.25, 0.3) is 0 Å². The lowest BCUT2D eigenvalue weighted by Gasteiger charge is -2.11. The molecule has 0 radical (unpaired) electrons. The first-order valence-electron chi connectivity index (χ1n) is 12.3. The SMILES string of the molecule is COCCC(=O)Nc1c(C(=O)OC)n(CCc2c[nH]c3ccccc23)c2ncc(NCCC(C)O)cc12. The van der Waals surface area contributed by atoms with Crippen LogP contribution in [0, 0.1) is 0 Å². The summed E-state index contributed by atoms with van der Waals surface area (Å²) in [7, 11) is 2.84. The molecule has 1 amide bonds. The highest BCUT2D eigenvalue weighted by Gasteiger charge is 2.26. The van der Waals surface area contributed by atoms with Crippen molar-refractivity contribution in [2.45, 2.75) is 38.8 Å². The molecule has 0 aliphatic heterocycles. The minimum Gasteiger partial charge on any atom is -0.464 e. The Balaban J connectivity index is 1.75. The van der Waals surface area contributed by atoms with Gasteiger partial charge in [-0.05, 0) is 37.5 Å². The number of nitrogens with zero attached hydrogens (tertiary/aromatic N) is 2. The molecule has 0 spiro atoms. The maximum absolute atomic E-state index is 13.0. The third-order valence-electron chi connectivity index (χ3n) is 6.25. The van der Waals surface area contributed by atoms with E-state index in [1.165, 1.54) is 14.2 Å². The van der Waals surface area contributed by atoms with Gasteiger partial charge in [-0.2, -0.15) is 0 Å². The molecule has 3 heterocycles. The van der Waals surface area contributed by atoms with Gasteiger partial charge in [-0.25, -0.2) is 9.78 Å². The second-order valence-corrected chi connectivity index (χ2v) is 8.93. The fourth-order valence-corrected chi connectivity index (χ4v) is 4.37. The maximum Gasteiger partial charge on any atom is 0.356 e. The van der Waals surface area contributed by atoms with E-state index in [4.69, 9.17) is 9.47 Å². The average Bonchev–Trinajstić information content (AvgIpc) is 3.44. The summed E-state index contributed by atoms with van der Waals surface area (Å²) in [6.07, 6.45) is 4.56. The second kappa shape index (κ2) is 11.9. The largest absolute Gasteiger partial charge is 0.464 e. The van der Waals surface area contributed by atoms with Gasteiger partial charge in [0, 0.05) is 42.7 Å². The minimum atomic E-state index is -0.567. The summed E-state index contributed by atoms with van der Waals surface area (Å²) in [6, 6.07) is 9.90. The Morgan fingerprint density at radius 1 is 1.22 bits per heavy atom. The van der Waals surface area contributed by atoms with Gasteiger partial charge in [0.15, 0.2) is 5.69 Å². The number of aryl methyl sites for hydroxylation is 2. The van der Waals surface area contributed by atoms with E-state index in [2.05, 4.69) is 26.7 Å². The summed E-state index contributed by atoms with van der Waals surface area (Å²) in [6.45, 7) is 2.97. The summed E-state index contributed by atoms with van der Waals surface area (Å²) in [4.78, 5) is 33.7. The number of para-hydroxylation sites is 1. The maximum atomic E-state index is 13.0. The van der Waals surface area contributed by atoms with Gasteiger partial charge < -0.3 is 34.8 Å². The Labute approximate surface area is 215 Å². The van der Waals surface area contributed by atoms with Crippen molar-refractivity contribution in [1.82, 2.24) is 14.5 Å². The molecular formula is C27H33N5O5. The van der Waals surface area contributed by atoms with Crippen molar-refractivity contribution in [2.75, 3.05) is 38.0 Å². The highest BCUT2D eigenvalue weighted by Crippen LogP contribution is 2.33. The minimum absolute atomic E-state index is 0.138. The zero-order valence-corrected chi connectivity index (χ0v) is 21.3. The summed E-state index contributed by atoms with van der Waals surface area (Å²) >= 11 is 0. The van der Waals surface area contributed by atoms with Gasteiger partial charge in [-0.1, -0.05) is 18.2 Å². The van der Waals surface area contributed by atoms with Gasteiger partial charge in [0.2, 0.25) is 5.91 Å². The number of hydrogen-bond acceptors (Lipinski definition) is 7. The molecule has 0 fully saturated rings. The Hall–Kier alpha value is -3.89. The summed E-state index contributed by atoms with van der Waals surface area (Å²) in [5.41, 5.74) is 4.01. The van der Waals surface area contributed by atoms with Crippen molar-refractivity contribution >= 4 is 45.2 Å². The van der Waals surface area contributed by atoms with Crippen LogP contribution < -0.4 is 10.6 Å². The number of rotatable bonds is 12. The fraction of sp³-hybridized carbons (Fsp3) is 0.370. The van der Waals surface area contributed by atoms with Crippen molar-refractivity contribution in [2.24, 2.45) is 0 Å². The predicted octanol–water partition coefficient (Wildman–Crippen LogP) is 3.70. The average molecular weight is 508 g/mol. The number of anilines is 2. The van der Waals surface area contributed by atoms with Gasteiger partial charge in [-0.3, -0.25) is 4.79 Å². The van der Waals surface area contributed by atoms with E-state index in [0.29, 0.717) is 48.3 Å². The summed E-state index contributed by atoms with van der Waals surface area (Å²) in [5, 5.41) is 17.4. The number of aliphatic hydroxyl groups is 1. The molecule has 0 bridgehead atoms. The lowest BCUT2D eigenvalue weighted by Crippen LogP contribution is -2.18. The van der Waals surface area contributed by atoms with E-state index < -0.39 is 12.1 Å². The van der Waals surface area contributed by atoms with Crippen LogP contribution in [0.25, 0.3) is 21.9 Å². The number of H-pyrrole nitrogens is 1. The Morgan fingerprint density at radius 3 is 2.78 bits per heavy atom. The van der Waals surface area contributed by atoms with Crippen LogP contribution in [0.3, 0.4) is 0 Å². The molecule has 3 aromatic heterocycles. The first-order chi connectivity index (χ1) is 17.9. The quantitative estimate of drug-likeness (QED) is 0.215. The van der Waals surface area contributed by atoms with Crippen molar-refractivity contribution in [3.05, 3.63) is 54.0 Å². The standard InChI is InChI=1S/C27H33N5O5/c1-17(33)8-11-28-19-14-21-24(31-23(34)10-13-36-2)25(27(35)37-3)32(26(21)30-16-19)12-9-18-15-29-22-7-5-4-6-20(18)22/h4-7,14-17,28-29,33H,8-13H2,1-3H3,(H,31,34). The molecule has 0 aliphatic rings. The van der Waals surface area contributed by atoms with Crippen LogP contribution in [0.5, 0.6) is 0 Å². The number of aromatic nitrogens is 3. The van der Waals surface area contributed by atoms with Gasteiger partial charge in [0.1, 0.15) is 5.65 Å². The van der Waals surface area contributed by atoms with Gasteiger partial charge in [0.05, 0.1) is 43.8 Å². The Bertz CT molecular complexity index is 1390. The number of pyridine rings is 1. The molecule has 4 N–H and O–H groups in total. The Kier molecular flexibility index (Phi) is 8.42. The number of carbonyl (C=O) groups excluding carboxylic acids is 2. The van der Waals surface area contributed by atoms with E-state index in [1.54, 1.807) is 17.7 Å². The van der Waals surface area contributed by atoms with E-state index in [1.807, 2.05) is 30.5 Å². The van der Waals surface area contributed by atoms with Crippen molar-refractivity contribution in [1.29, 1.82) is 0 Å². The van der Waals surface area contributed by atoms with E-state index in [9.17, 15) is 14.7 Å². The zero-order valence-electron chi connectivity index (χ0n) is 21.3. The van der Waals surface area contributed by atoms with Gasteiger partial charge >= 0.3 is 5.97 Å². The van der Waals surface area contributed by atoms with E-state index in [-0.39, 0.29) is 24.6 Å². The second-order valence-electron chi connectivity index (χ2n) is 8.93. The molecule has 1 unspecified atom stereocenters. The molecular weight excluding hydrogens is 474 g/mol. The number of benzene rings is 1. The first kappa shape index (κ1) is 26.2. The van der Waals surface area contributed by atoms with Crippen molar-refractivity contribution in [3.63, 3.8) is 0 Å². The summed E-state index contributed by atoms with van der Waals surface area (Å²) in [5.74, 6) is -0.849. The molecule has 196 valence electrons. The molecule has 1 aromatic carbocycles. The van der Waals surface area contributed by atoms with Crippen LogP contribution in [-0.4, -0.2) is 65.0 Å². The lowest BCUT2D eigenvalue weighted by molar-refractivity contribution is -0.117. The van der Waals surface area contributed by atoms with Crippen molar-refractivity contribution in [3.8, 4) is 0 Å². The number of aliphatic hydroxyl groups excluding tert-OH is 1. The van der Waals surface area contributed by atoms with Crippen LogP contribution >= 0.6 is 0 Å². The highest BCUT2D eigenvalue weighted by molar-refractivity contribution is 6.11. The number of hydrogen-bond donors (Lipinski definition) is 4. The smallest absolute Gasteiger partial charge is 0.356 e. The Morgan fingerprint density at radius 2 is 2.03 bits per heavy atom. The number of methoxy groups -OCH3 is 2. The third kappa shape index (κ3) is 5.92. The molecule has 10 nitrogen and oxygen atoms in total. The molecule has 4 rings (SSSR count). The number of ether oxygens (including phenoxy) is 2. The first-order valence-corrected chi connectivity index (χ1v) is 12.3. The molecule has 37 heavy (non-hydrogen) atoms. The topological polar surface area (TPSA) is 130 Å². The number of fused-ring (bicyclic) bond motifs is 2. The van der Waals surface area contributed by atoms with Crippen LogP contribution in [0.15, 0.2) is 42.7 Å². The molecule has 0 aliphatic carbocycles. The number of esters is 1. The third-order valence-corrected chi connectivity index (χ3v) is 6.25. The van der Waals surface area contributed by atoms with Gasteiger partial charge in [-0.15, -0.1) is 0 Å². The highest BCUT2D eigenvalue weighted by atomic mass is 16.5. The molecule has 10 heteroatoms. The summed E-state index contributed by atoms with van der Waals surface area (Å²) < 4.78 is 12.0. The van der Waals surface area contributed by atoms with Crippen molar-refractivity contribution < 1.29 is 24.2 Å².